The fourth-order valence-electron chi connectivity index (χ4n) is 0.513. The lowest BCUT2D eigenvalue weighted by Gasteiger charge is -1.80. The first-order valence-corrected chi connectivity index (χ1v) is 2.66. The molecule has 0 atom stereocenters. The third kappa shape index (κ3) is 1.59. The van der Waals surface area contributed by atoms with Crippen molar-refractivity contribution >= 4 is 0 Å². The molecule has 1 aromatic rings. The second-order valence-electron chi connectivity index (χ2n) is 1.54. The second-order valence-corrected chi connectivity index (χ2v) is 1.54. The van der Waals surface area contributed by atoms with E-state index in [0.717, 1.165) is 0 Å². The molecule has 2 nitrogen and oxygen atoms in total. The van der Waals surface area contributed by atoms with Crippen LogP contribution in [0, 0.1) is 0 Å². The van der Waals surface area contributed by atoms with Crippen LogP contribution < -0.4 is 0 Å². The maximum absolute atomic E-state index is 4.93. The van der Waals surface area contributed by atoms with Gasteiger partial charge in [0.25, 0.3) is 0 Å². The first-order valence-electron chi connectivity index (χ1n) is 2.66. The molecule has 0 saturated carbocycles. The van der Waals surface area contributed by atoms with Gasteiger partial charge in [-0.25, -0.2) is 4.98 Å². The Morgan fingerprint density at radius 2 is 2.78 bits per heavy atom. The molecule has 0 aliphatic carbocycles. The van der Waals surface area contributed by atoms with Crippen LogP contribution >= 0.6 is 0 Å². The van der Waals surface area contributed by atoms with Gasteiger partial charge in [0.1, 0.15) is 6.26 Å². The number of hydrogen-bond acceptors (Lipinski definition) is 2. The predicted molar refractivity (Wildman–Crippen MR) is 33.9 cm³/mol. The molecular formula is C7H7NO. The van der Waals surface area contributed by atoms with Gasteiger partial charge in [-0.05, 0) is 6.08 Å². The minimum absolute atomic E-state index is 0.677. The summed E-state index contributed by atoms with van der Waals surface area (Å²) in [7, 11) is 0. The van der Waals surface area contributed by atoms with Crippen LogP contribution in [0.4, 0.5) is 0 Å². The zero-order valence-corrected chi connectivity index (χ0v) is 5.00. The summed E-state index contributed by atoms with van der Waals surface area (Å²) >= 11 is 0. The van der Waals surface area contributed by atoms with Crippen molar-refractivity contribution in [2.75, 3.05) is 0 Å². The summed E-state index contributed by atoms with van der Waals surface area (Å²) in [5.41, 5.74) is 2.63. The highest BCUT2D eigenvalue weighted by molar-refractivity contribution is 4.90. The summed E-state index contributed by atoms with van der Waals surface area (Å²) in [6.07, 6.45) is 5.61. The maximum Gasteiger partial charge on any atom is 0.198 e. The monoisotopic (exact) mass is 121 g/mol. The van der Waals surface area contributed by atoms with E-state index in [1.54, 1.807) is 18.5 Å². The number of hydrogen-bond donors (Lipinski definition) is 0. The Hall–Kier alpha value is -1.27. The highest BCUT2D eigenvalue weighted by Crippen LogP contribution is 1.94. The lowest BCUT2D eigenvalue weighted by Crippen LogP contribution is -1.76. The molecule has 1 rings (SSSR count). The van der Waals surface area contributed by atoms with Crippen LogP contribution in [0.25, 0.3) is 0 Å². The molecule has 0 aliphatic heterocycles. The fourth-order valence-corrected chi connectivity index (χ4v) is 0.513. The number of nitrogens with zero attached hydrogens (tertiary/aromatic N) is 1. The molecule has 0 bridgehead atoms. The van der Waals surface area contributed by atoms with Crippen molar-refractivity contribution in [2.45, 2.75) is 6.42 Å². The highest BCUT2D eigenvalue weighted by atomic mass is 16.3. The van der Waals surface area contributed by atoms with Crippen LogP contribution in [0.5, 0.6) is 0 Å². The molecule has 0 aliphatic rings. The highest BCUT2D eigenvalue weighted by Gasteiger charge is 1.89. The maximum atomic E-state index is 4.93. The average Bonchev–Trinajstić information content (AvgIpc) is 2.34. The molecule has 0 unspecified atom stereocenters. The molecule has 0 radical (unpaired) electrons. The summed E-state index contributed by atoms with van der Waals surface area (Å²) in [6, 6.07) is 0. The van der Waals surface area contributed by atoms with Crippen LogP contribution in [0.1, 0.15) is 5.89 Å². The van der Waals surface area contributed by atoms with Gasteiger partial charge in [0.2, 0.25) is 0 Å². The molecule has 1 heterocycles. The third-order valence-corrected chi connectivity index (χ3v) is 0.904. The Bertz CT molecular complexity index is 207. The standard InChI is InChI=1S/C7H7NO/c1-2-3-4-7-8-5-6-9-7/h3,5-6H,1,4H2. The van der Waals surface area contributed by atoms with Gasteiger partial charge >= 0.3 is 0 Å². The van der Waals surface area contributed by atoms with E-state index in [1.807, 2.05) is 0 Å². The van der Waals surface area contributed by atoms with E-state index in [1.165, 1.54) is 0 Å². The summed E-state index contributed by atoms with van der Waals surface area (Å²) in [6.45, 7) is 3.41. The Morgan fingerprint density at radius 1 is 1.89 bits per heavy atom. The third-order valence-electron chi connectivity index (χ3n) is 0.904. The molecule has 1 aromatic heterocycles. The van der Waals surface area contributed by atoms with Crippen molar-refractivity contribution in [1.82, 2.24) is 4.98 Å². The molecule has 0 aromatic carbocycles. The Kier molecular flexibility index (Phi) is 1.89. The molecule has 9 heavy (non-hydrogen) atoms. The quantitative estimate of drug-likeness (QED) is 0.555. The van der Waals surface area contributed by atoms with Gasteiger partial charge in [-0.3, -0.25) is 0 Å². The van der Waals surface area contributed by atoms with Crippen LogP contribution in [-0.2, 0) is 6.42 Å². The Balaban J connectivity index is 2.57. The SMILES string of the molecule is C=C=CCc1ncco1. The molecular weight excluding hydrogens is 114 g/mol. The van der Waals surface area contributed by atoms with E-state index < -0.39 is 0 Å². The summed E-state index contributed by atoms with van der Waals surface area (Å²) < 4.78 is 4.93. The van der Waals surface area contributed by atoms with Gasteiger partial charge in [-0.1, -0.05) is 6.58 Å². The van der Waals surface area contributed by atoms with Crippen molar-refractivity contribution in [1.29, 1.82) is 0 Å². The van der Waals surface area contributed by atoms with E-state index in [2.05, 4.69) is 17.3 Å². The van der Waals surface area contributed by atoms with E-state index in [0.29, 0.717) is 12.3 Å². The minimum Gasteiger partial charge on any atom is -0.449 e. The van der Waals surface area contributed by atoms with E-state index in [4.69, 9.17) is 4.42 Å². The summed E-state index contributed by atoms with van der Waals surface area (Å²) in [5, 5.41) is 0. The van der Waals surface area contributed by atoms with E-state index in [-0.39, 0.29) is 0 Å². The summed E-state index contributed by atoms with van der Waals surface area (Å²) in [5.74, 6) is 0.700. The van der Waals surface area contributed by atoms with Crippen molar-refractivity contribution in [3.8, 4) is 0 Å². The molecule has 0 N–H and O–H groups in total. The largest absolute Gasteiger partial charge is 0.449 e. The van der Waals surface area contributed by atoms with Crippen molar-refractivity contribution < 1.29 is 4.42 Å². The zero-order chi connectivity index (χ0) is 6.53. The predicted octanol–water partition coefficient (Wildman–Crippen LogP) is 1.56. The Morgan fingerprint density at radius 3 is 3.33 bits per heavy atom. The number of allylic oxidation sites excluding steroid dienone is 1. The summed E-state index contributed by atoms with van der Waals surface area (Å²) in [4.78, 5) is 3.89. The molecule has 0 spiro atoms. The van der Waals surface area contributed by atoms with Gasteiger partial charge in [-0.2, -0.15) is 0 Å². The van der Waals surface area contributed by atoms with Gasteiger partial charge in [0.15, 0.2) is 5.89 Å². The molecule has 0 fully saturated rings. The normalized spacial score (nSPS) is 8.44. The van der Waals surface area contributed by atoms with Gasteiger partial charge < -0.3 is 4.42 Å². The van der Waals surface area contributed by atoms with Crippen molar-refractivity contribution in [3.63, 3.8) is 0 Å². The first-order chi connectivity index (χ1) is 4.43. The topological polar surface area (TPSA) is 26.0 Å². The van der Waals surface area contributed by atoms with Crippen LogP contribution in [-0.4, -0.2) is 4.98 Å². The van der Waals surface area contributed by atoms with Crippen LogP contribution in [0.3, 0.4) is 0 Å². The van der Waals surface area contributed by atoms with Gasteiger partial charge in [0, 0.05) is 6.42 Å². The average molecular weight is 121 g/mol. The first kappa shape index (κ1) is 5.86. The van der Waals surface area contributed by atoms with Gasteiger partial charge in [0.05, 0.1) is 6.20 Å². The number of aromatic nitrogens is 1. The molecule has 0 saturated heterocycles. The smallest absolute Gasteiger partial charge is 0.198 e. The zero-order valence-electron chi connectivity index (χ0n) is 5.00. The minimum atomic E-state index is 0.677. The molecule has 2 heteroatoms. The van der Waals surface area contributed by atoms with E-state index >= 15 is 0 Å². The molecule has 46 valence electrons. The lowest BCUT2D eigenvalue weighted by molar-refractivity contribution is 0.509. The number of oxazole rings is 1. The fraction of sp³-hybridized carbons (Fsp3) is 0.143. The Labute approximate surface area is 53.5 Å². The number of rotatable bonds is 2. The molecule has 0 amide bonds. The van der Waals surface area contributed by atoms with Crippen molar-refractivity contribution in [3.05, 3.63) is 36.7 Å². The van der Waals surface area contributed by atoms with E-state index in [9.17, 15) is 0 Å². The van der Waals surface area contributed by atoms with Crippen LogP contribution in [0.2, 0.25) is 0 Å². The van der Waals surface area contributed by atoms with Crippen molar-refractivity contribution in [2.24, 2.45) is 0 Å². The van der Waals surface area contributed by atoms with Gasteiger partial charge in [-0.15, -0.1) is 5.73 Å². The van der Waals surface area contributed by atoms with Crippen LogP contribution in [0.15, 0.2) is 35.3 Å². The lowest BCUT2D eigenvalue weighted by atomic mass is 10.4. The second kappa shape index (κ2) is 2.90.